The van der Waals surface area contributed by atoms with E-state index in [4.69, 9.17) is 9.30 Å². The molecule has 4 heteroatoms. The number of rotatable bonds is 0. The monoisotopic (exact) mass is 541 g/mol. The van der Waals surface area contributed by atoms with Gasteiger partial charge in [-0.15, -0.1) is 0 Å². The Labute approximate surface area is 156 Å². The van der Waals surface area contributed by atoms with E-state index in [9.17, 15) is 0 Å². The van der Waals surface area contributed by atoms with Gasteiger partial charge >= 0.3 is 73.4 Å². The summed E-state index contributed by atoms with van der Waals surface area (Å²) in [7, 11) is 0. The van der Waals surface area contributed by atoms with E-state index in [0.717, 1.165) is 0 Å². The predicted molar refractivity (Wildman–Crippen MR) is 85.4 cm³/mol. The van der Waals surface area contributed by atoms with Gasteiger partial charge in [0.1, 0.15) is 0 Å². The Kier molecular flexibility index (Phi) is 18.2. The Morgan fingerprint density at radius 3 is 1.14 bits per heavy atom. The summed E-state index contributed by atoms with van der Waals surface area (Å²) in [4.78, 5) is 0. The van der Waals surface area contributed by atoms with E-state index < -0.39 is 0 Å². The maximum atomic E-state index is 7.50. The minimum atomic E-state index is 0. The molecule has 0 bridgehead atoms. The zero-order valence-electron chi connectivity index (χ0n) is 13.4. The second kappa shape index (κ2) is 15.3. The summed E-state index contributed by atoms with van der Waals surface area (Å²) in [6.45, 7) is 20.0. The van der Waals surface area contributed by atoms with Crippen LogP contribution in [0.15, 0.2) is 52.6 Å². The molecule has 0 unspecified atom stereocenters. The molecule has 0 N–H and O–H groups in total. The van der Waals surface area contributed by atoms with Crippen molar-refractivity contribution in [3.63, 3.8) is 0 Å². The van der Waals surface area contributed by atoms with Gasteiger partial charge in [-0.2, -0.15) is 0 Å². The van der Waals surface area contributed by atoms with Gasteiger partial charge in [0.05, 0.1) is 0 Å². The Balaban J connectivity index is -0.000000266. The summed E-state index contributed by atoms with van der Waals surface area (Å²) < 4.78 is 16.2. The van der Waals surface area contributed by atoms with E-state index in [1.54, 1.807) is 0 Å². The zero-order valence-corrected chi connectivity index (χ0v) is 17.6. The summed E-state index contributed by atoms with van der Waals surface area (Å²) in [5, 5.41) is 0. The van der Waals surface area contributed by atoms with Crippen LogP contribution in [0.3, 0.4) is 0 Å². The van der Waals surface area contributed by atoms with Crippen molar-refractivity contribution in [1.82, 2.24) is 0 Å². The molecule has 0 spiro atoms. The fraction of sp³-hybridized carbons (Fsp3) is 0.278. The number of allylic oxidation sites excluding steroid dienone is 4. The molecule has 0 aliphatic heterocycles. The number of hydrogen-bond donors (Lipinski definition) is 0. The van der Waals surface area contributed by atoms with Gasteiger partial charge in [-0.1, -0.05) is 18.1 Å². The molecule has 2 nitrogen and oxygen atoms in total. The van der Waals surface area contributed by atoms with Gasteiger partial charge in [0, 0.05) is 26.0 Å². The van der Waals surface area contributed by atoms with Crippen molar-refractivity contribution < 1.29 is 29.4 Å². The first kappa shape index (κ1) is 26.3. The number of benzene rings is 1. The summed E-state index contributed by atoms with van der Waals surface area (Å²) in [5.41, 5.74) is 5.87. The van der Waals surface area contributed by atoms with Crippen LogP contribution in [0.2, 0.25) is 0 Å². The maximum absolute atomic E-state index is 7.50. The third kappa shape index (κ3) is 8.71. The molecule has 22 heavy (non-hydrogen) atoms. The molecule has 1 aromatic carbocycles. The first-order chi connectivity index (χ1) is 9.95. The van der Waals surface area contributed by atoms with Crippen LogP contribution >= 0.6 is 0 Å². The van der Waals surface area contributed by atoms with Gasteiger partial charge in [0.2, 0.25) is 0 Å². The molecule has 119 valence electrons. The molecule has 0 fully saturated rings. The normalized spacial score (nSPS) is 12.6. The zero-order chi connectivity index (χ0) is 17.0. The Hall–Kier alpha value is -0.651. The summed E-state index contributed by atoms with van der Waals surface area (Å²) >= 11 is 2.90. The summed E-state index contributed by atoms with van der Waals surface area (Å²) in [5.74, 6) is 1.47. The van der Waals surface area contributed by atoms with Gasteiger partial charge < -0.3 is 0 Å². The van der Waals surface area contributed by atoms with E-state index in [0.29, 0.717) is 0 Å². The molecule has 0 amide bonds. The van der Waals surface area contributed by atoms with Crippen LogP contribution < -0.4 is 4.46 Å². The fourth-order valence-corrected chi connectivity index (χ4v) is 2.16. The molecule has 1 aliphatic carbocycles. The van der Waals surface area contributed by atoms with Gasteiger partial charge in [-0.3, -0.25) is 0 Å². The van der Waals surface area contributed by atoms with E-state index in [1.165, 1.54) is 32.7 Å². The van der Waals surface area contributed by atoms with Crippen molar-refractivity contribution in [2.24, 2.45) is 0 Å². The first-order valence-corrected chi connectivity index (χ1v) is 7.13. The average Bonchev–Trinajstić information content (AvgIpc) is 2.71. The molecule has 0 heterocycles. The molecular weight excluding hydrogens is 519 g/mol. The number of hydrogen-bond acceptors (Lipinski definition) is 0. The van der Waals surface area contributed by atoms with E-state index in [1.807, 2.05) is 30.3 Å². The van der Waals surface area contributed by atoms with Gasteiger partial charge in [-0.25, -0.2) is 0 Å². The van der Waals surface area contributed by atoms with Gasteiger partial charge in [0.15, 0.2) is 0 Å². The van der Waals surface area contributed by atoms with Crippen molar-refractivity contribution in [2.45, 2.75) is 34.6 Å². The third-order valence-electron chi connectivity index (χ3n) is 3.56. The van der Waals surface area contributed by atoms with Crippen molar-refractivity contribution in [2.75, 3.05) is 0 Å². The minimum absolute atomic E-state index is 0. The van der Waals surface area contributed by atoms with Crippen LogP contribution in [0.1, 0.15) is 34.6 Å². The summed E-state index contributed by atoms with van der Waals surface area (Å²) in [6, 6.07) is 10.1. The van der Waals surface area contributed by atoms with E-state index in [-0.39, 0.29) is 20.1 Å². The predicted octanol–water partition coefficient (Wildman–Crippen LogP) is 3.67. The van der Waals surface area contributed by atoms with Crippen molar-refractivity contribution in [1.29, 1.82) is 0 Å². The molecule has 1 aromatic rings. The second-order valence-corrected chi connectivity index (χ2v) is 5.43. The van der Waals surface area contributed by atoms with Gasteiger partial charge in [0.25, 0.3) is 0 Å². The molecule has 1 aliphatic rings. The van der Waals surface area contributed by atoms with Crippen LogP contribution in [-0.4, -0.2) is 16.0 Å². The Morgan fingerprint density at radius 1 is 0.682 bits per heavy atom. The van der Waals surface area contributed by atoms with E-state index >= 15 is 0 Å². The third-order valence-corrected chi connectivity index (χ3v) is 4.13. The SMILES string of the molecule is C[C]1C(C)=C(C)C(C)=C1C.[C-]#[O+].[C-]#[O+].[Ir].[Se]c1ccccc1. The van der Waals surface area contributed by atoms with Crippen LogP contribution in [0.4, 0.5) is 0 Å². The topological polar surface area (TPSA) is 39.8 Å². The molecular formula is C18H20IrO2Se. The molecule has 3 radical (unpaired) electrons. The van der Waals surface area contributed by atoms with Crippen LogP contribution in [-0.2, 0) is 29.4 Å². The second-order valence-electron chi connectivity index (χ2n) is 4.44. The van der Waals surface area contributed by atoms with Crippen molar-refractivity contribution >= 4 is 20.5 Å². The van der Waals surface area contributed by atoms with Crippen molar-refractivity contribution in [3.8, 4) is 0 Å². The molecule has 0 saturated heterocycles. The van der Waals surface area contributed by atoms with Crippen molar-refractivity contribution in [3.05, 3.63) is 71.8 Å². The van der Waals surface area contributed by atoms with Gasteiger partial charge in [-0.05, 0) is 38.8 Å². The molecule has 2 rings (SSSR count). The van der Waals surface area contributed by atoms with Crippen LogP contribution in [0.25, 0.3) is 0 Å². The average molecular weight is 540 g/mol. The molecule has 0 atom stereocenters. The first-order valence-electron chi connectivity index (χ1n) is 6.27. The Bertz CT molecular complexity index is 498. The quantitative estimate of drug-likeness (QED) is 0.274. The fourth-order valence-electron chi connectivity index (χ4n) is 1.83. The Morgan fingerprint density at radius 2 is 1.00 bits per heavy atom. The molecule has 0 saturated carbocycles. The van der Waals surface area contributed by atoms with Crippen LogP contribution in [0, 0.1) is 19.2 Å². The van der Waals surface area contributed by atoms with Crippen LogP contribution in [0.5, 0.6) is 0 Å². The molecule has 0 aromatic heterocycles. The standard InChI is InChI=1S/C10H15.C6H5Se.2CO.Ir/c1-6-7(2)9(4)10(5)8(6)3;7-6-4-2-1-3-5-6;2*1-2;/h1-5H3;1-5H;;;. The summed E-state index contributed by atoms with van der Waals surface area (Å²) in [6.07, 6.45) is 0. The van der Waals surface area contributed by atoms with E-state index in [2.05, 4.69) is 63.9 Å².